The van der Waals surface area contributed by atoms with Crippen LogP contribution in [0.3, 0.4) is 0 Å². The molecule has 0 aliphatic carbocycles. The summed E-state index contributed by atoms with van der Waals surface area (Å²) in [7, 11) is 0. The summed E-state index contributed by atoms with van der Waals surface area (Å²) in [5, 5.41) is 7.33. The second-order valence-electron chi connectivity index (χ2n) is 4.58. The quantitative estimate of drug-likeness (QED) is 0.750. The van der Waals surface area contributed by atoms with Gasteiger partial charge in [-0.3, -0.25) is 0 Å². The maximum Gasteiger partial charge on any atom is 0.139 e. The lowest BCUT2D eigenvalue weighted by molar-refractivity contribution is 0.902. The molecule has 21 heavy (non-hydrogen) atoms. The largest absolute Gasteiger partial charge is 0.370 e. The number of nitrogens with zero attached hydrogens (tertiary/aromatic N) is 2. The topological polar surface area (TPSA) is 49.8 Å². The fraction of sp³-hybridized carbons (Fsp3) is 0.333. The standard InChI is InChI=1S/C15H18BrClN4/c1-3-5-11-14(18-4-2)19-9-20-15(11)21-13-7-6-10(17)8-12(13)16/h6-9H,3-5H2,1-2H3,(H2,18,19,20,21). The van der Waals surface area contributed by atoms with Crippen LogP contribution >= 0.6 is 27.5 Å². The van der Waals surface area contributed by atoms with Crippen molar-refractivity contribution in [1.29, 1.82) is 0 Å². The number of hydrogen-bond acceptors (Lipinski definition) is 4. The van der Waals surface area contributed by atoms with Gasteiger partial charge in [-0.15, -0.1) is 0 Å². The molecule has 2 rings (SSSR count). The molecule has 0 atom stereocenters. The van der Waals surface area contributed by atoms with E-state index in [2.05, 4.69) is 50.4 Å². The van der Waals surface area contributed by atoms with Gasteiger partial charge in [0.1, 0.15) is 18.0 Å². The summed E-state index contributed by atoms with van der Waals surface area (Å²) in [5.74, 6) is 1.72. The van der Waals surface area contributed by atoms with Gasteiger partial charge in [0.05, 0.1) is 5.69 Å². The first-order valence-electron chi connectivity index (χ1n) is 6.95. The summed E-state index contributed by atoms with van der Waals surface area (Å²) >= 11 is 9.49. The fourth-order valence-corrected chi connectivity index (χ4v) is 2.83. The Bertz CT molecular complexity index is 619. The van der Waals surface area contributed by atoms with Crippen molar-refractivity contribution in [3.05, 3.63) is 39.6 Å². The van der Waals surface area contributed by atoms with Crippen molar-refractivity contribution < 1.29 is 0 Å². The van der Waals surface area contributed by atoms with E-state index in [-0.39, 0.29) is 0 Å². The average molecular weight is 370 g/mol. The van der Waals surface area contributed by atoms with E-state index in [4.69, 9.17) is 11.6 Å². The van der Waals surface area contributed by atoms with Crippen LogP contribution in [0.2, 0.25) is 5.02 Å². The van der Waals surface area contributed by atoms with Crippen molar-refractivity contribution in [1.82, 2.24) is 9.97 Å². The van der Waals surface area contributed by atoms with Gasteiger partial charge in [0.25, 0.3) is 0 Å². The summed E-state index contributed by atoms with van der Waals surface area (Å²) in [4.78, 5) is 8.71. The first-order valence-corrected chi connectivity index (χ1v) is 8.12. The van der Waals surface area contributed by atoms with Gasteiger partial charge in [0.2, 0.25) is 0 Å². The first kappa shape index (κ1) is 16.0. The summed E-state index contributed by atoms with van der Waals surface area (Å²) in [6.45, 7) is 5.03. The molecule has 0 radical (unpaired) electrons. The molecule has 0 bridgehead atoms. The monoisotopic (exact) mass is 368 g/mol. The van der Waals surface area contributed by atoms with Crippen LogP contribution in [0.25, 0.3) is 0 Å². The van der Waals surface area contributed by atoms with Crippen molar-refractivity contribution in [2.75, 3.05) is 17.2 Å². The third-order valence-corrected chi connectivity index (χ3v) is 3.86. The predicted octanol–water partition coefficient (Wildman–Crippen LogP) is 5.02. The molecule has 0 unspecified atom stereocenters. The second kappa shape index (κ2) is 7.61. The summed E-state index contributed by atoms with van der Waals surface area (Å²) in [5.41, 5.74) is 2.03. The van der Waals surface area contributed by atoms with E-state index in [1.54, 1.807) is 6.33 Å². The predicted molar refractivity (Wildman–Crippen MR) is 92.6 cm³/mol. The molecule has 2 N–H and O–H groups in total. The molecule has 4 nitrogen and oxygen atoms in total. The fourth-order valence-electron chi connectivity index (χ4n) is 2.05. The molecule has 0 amide bonds. The van der Waals surface area contributed by atoms with E-state index in [9.17, 15) is 0 Å². The van der Waals surface area contributed by atoms with Crippen LogP contribution in [0, 0.1) is 0 Å². The number of benzene rings is 1. The van der Waals surface area contributed by atoms with Gasteiger partial charge in [-0.25, -0.2) is 9.97 Å². The van der Waals surface area contributed by atoms with Gasteiger partial charge in [0, 0.05) is 21.6 Å². The number of nitrogens with one attached hydrogen (secondary N) is 2. The zero-order chi connectivity index (χ0) is 15.2. The lowest BCUT2D eigenvalue weighted by atomic mass is 10.1. The van der Waals surface area contributed by atoms with E-state index in [1.807, 2.05) is 18.2 Å². The van der Waals surface area contributed by atoms with Gasteiger partial charge in [-0.2, -0.15) is 0 Å². The SMILES string of the molecule is CCCc1c(NCC)ncnc1Nc1ccc(Cl)cc1Br. The molecule has 112 valence electrons. The number of anilines is 3. The van der Waals surface area contributed by atoms with Gasteiger partial charge < -0.3 is 10.6 Å². The molecule has 6 heteroatoms. The number of rotatable bonds is 6. The molecule has 0 aliphatic rings. The summed E-state index contributed by atoms with van der Waals surface area (Å²) < 4.78 is 0.904. The number of hydrogen-bond donors (Lipinski definition) is 2. The maximum atomic E-state index is 5.97. The zero-order valence-electron chi connectivity index (χ0n) is 12.1. The third kappa shape index (κ3) is 4.08. The lowest BCUT2D eigenvalue weighted by Gasteiger charge is -2.15. The van der Waals surface area contributed by atoms with E-state index >= 15 is 0 Å². The molecule has 1 aromatic heterocycles. The molecule has 0 saturated heterocycles. The van der Waals surface area contributed by atoms with Crippen molar-refractivity contribution >= 4 is 44.9 Å². The molecule has 1 heterocycles. The van der Waals surface area contributed by atoms with Crippen LogP contribution in [0.5, 0.6) is 0 Å². The average Bonchev–Trinajstić information content (AvgIpc) is 2.45. The first-order chi connectivity index (χ1) is 10.2. The Balaban J connectivity index is 2.36. The maximum absolute atomic E-state index is 5.97. The van der Waals surface area contributed by atoms with Crippen LogP contribution in [0.4, 0.5) is 17.3 Å². The Kier molecular flexibility index (Phi) is 5.82. The van der Waals surface area contributed by atoms with E-state index < -0.39 is 0 Å². The van der Waals surface area contributed by atoms with Crippen LogP contribution in [-0.2, 0) is 6.42 Å². The Morgan fingerprint density at radius 2 is 1.95 bits per heavy atom. The van der Waals surface area contributed by atoms with Crippen molar-refractivity contribution in [3.8, 4) is 0 Å². The van der Waals surface area contributed by atoms with Gasteiger partial charge >= 0.3 is 0 Å². The van der Waals surface area contributed by atoms with E-state index in [0.717, 1.165) is 46.7 Å². The van der Waals surface area contributed by atoms with E-state index in [0.29, 0.717) is 5.02 Å². The highest BCUT2D eigenvalue weighted by Gasteiger charge is 2.11. The summed E-state index contributed by atoms with van der Waals surface area (Å²) in [6, 6.07) is 5.63. The van der Waals surface area contributed by atoms with Crippen LogP contribution in [0.15, 0.2) is 29.0 Å². The van der Waals surface area contributed by atoms with Gasteiger partial charge in [-0.05, 0) is 47.5 Å². The number of halogens is 2. The molecule has 2 aromatic rings. The molecule has 0 aliphatic heterocycles. The summed E-state index contributed by atoms with van der Waals surface area (Å²) in [6.07, 6.45) is 3.52. The van der Waals surface area contributed by atoms with Crippen molar-refractivity contribution in [3.63, 3.8) is 0 Å². The Hall–Kier alpha value is -1.33. The van der Waals surface area contributed by atoms with Gasteiger partial charge in [-0.1, -0.05) is 24.9 Å². The highest BCUT2D eigenvalue weighted by molar-refractivity contribution is 9.10. The minimum atomic E-state index is 0.692. The Labute approximate surface area is 138 Å². The van der Waals surface area contributed by atoms with Gasteiger partial charge in [0.15, 0.2) is 0 Å². The molecular formula is C15H18BrClN4. The normalized spacial score (nSPS) is 10.5. The Morgan fingerprint density at radius 1 is 1.19 bits per heavy atom. The molecule has 0 spiro atoms. The van der Waals surface area contributed by atoms with Crippen LogP contribution in [-0.4, -0.2) is 16.5 Å². The highest BCUT2D eigenvalue weighted by atomic mass is 79.9. The minimum absolute atomic E-state index is 0.692. The molecule has 1 aromatic carbocycles. The van der Waals surface area contributed by atoms with E-state index in [1.165, 1.54) is 0 Å². The Morgan fingerprint density at radius 3 is 2.62 bits per heavy atom. The zero-order valence-corrected chi connectivity index (χ0v) is 14.4. The highest BCUT2D eigenvalue weighted by Crippen LogP contribution is 2.30. The van der Waals surface area contributed by atoms with Crippen LogP contribution in [0.1, 0.15) is 25.8 Å². The van der Waals surface area contributed by atoms with Crippen molar-refractivity contribution in [2.24, 2.45) is 0 Å². The lowest BCUT2D eigenvalue weighted by Crippen LogP contribution is -2.08. The van der Waals surface area contributed by atoms with Crippen molar-refractivity contribution in [2.45, 2.75) is 26.7 Å². The minimum Gasteiger partial charge on any atom is -0.370 e. The van der Waals surface area contributed by atoms with Crippen LogP contribution < -0.4 is 10.6 Å². The smallest absolute Gasteiger partial charge is 0.139 e. The molecule has 0 saturated carbocycles. The third-order valence-electron chi connectivity index (χ3n) is 2.97. The molecular weight excluding hydrogens is 352 g/mol. The molecule has 0 fully saturated rings. The second-order valence-corrected chi connectivity index (χ2v) is 5.87. The number of aromatic nitrogens is 2.